The van der Waals surface area contributed by atoms with E-state index in [-0.39, 0.29) is 18.4 Å². The molecule has 0 aliphatic heterocycles. The molecule has 0 aliphatic rings. The summed E-state index contributed by atoms with van der Waals surface area (Å²) in [5.41, 5.74) is 6.32. The van der Waals surface area contributed by atoms with Crippen molar-refractivity contribution in [3.8, 4) is 11.4 Å². The Labute approximate surface area is 115 Å². The Bertz CT molecular complexity index is 493. The van der Waals surface area contributed by atoms with Crippen LogP contribution >= 0.6 is 35.6 Å². The third-order valence-electron chi connectivity index (χ3n) is 1.95. The lowest BCUT2D eigenvalue weighted by atomic mass is 10.2. The van der Waals surface area contributed by atoms with E-state index in [0.717, 1.165) is 0 Å². The molecule has 17 heavy (non-hydrogen) atoms. The molecule has 1 aromatic heterocycles. The summed E-state index contributed by atoms with van der Waals surface area (Å²) in [6.07, 6.45) is 0. The van der Waals surface area contributed by atoms with E-state index < -0.39 is 0 Å². The third kappa shape index (κ3) is 3.33. The predicted molar refractivity (Wildman–Crippen MR) is 69.6 cm³/mol. The van der Waals surface area contributed by atoms with E-state index in [4.69, 9.17) is 33.5 Å². The molecule has 92 valence electrons. The van der Waals surface area contributed by atoms with E-state index in [2.05, 4.69) is 10.1 Å². The fourth-order valence-electron chi connectivity index (χ4n) is 1.22. The van der Waals surface area contributed by atoms with Crippen LogP contribution in [0.25, 0.3) is 11.4 Å². The van der Waals surface area contributed by atoms with Crippen molar-refractivity contribution in [3.05, 3.63) is 34.1 Å². The molecule has 1 heterocycles. The van der Waals surface area contributed by atoms with E-state index in [1.165, 1.54) is 0 Å². The van der Waals surface area contributed by atoms with E-state index in [1.807, 2.05) is 0 Å². The average molecular weight is 295 g/mol. The highest BCUT2D eigenvalue weighted by Gasteiger charge is 2.12. The van der Waals surface area contributed by atoms with Crippen molar-refractivity contribution in [2.45, 2.75) is 13.0 Å². The van der Waals surface area contributed by atoms with Crippen LogP contribution < -0.4 is 5.73 Å². The van der Waals surface area contributed by atoms with E-state index in [9.17, 15) is 0 Å². The molecular weight excluding hydrogens is 284 g/mol. The minimum atomic E-state index is -0.295. The highest BCUT2D eigenvalue weighted by molar-refractivity contribution is 6.35. The van der Waals surface area contributed by atoms with Gasteiger partial charge in [-0.25, -0.2) is 0 Å². The minimum absolute atomic E-state index is 0. The zero-order valence-corrected chi connectivity index (χ0v) is 11.2. The highest BCUT2D eigenvalue weighted by atomic mass is 35.5. The molecule has 0 saturated heterocycles. The molecule has 2 N–H and O–H groups in total. The summed E-state index contributed by atoms with van der Waals surface area (Å²) in [4.78, 5) is 4.14. The van der Waals surface area contributed by atoms with Gasteiger partial charge in [-0.2, -0.15) is 4.98 Å². The van der Waals surface area contributed by atoms with Gasteiger partial charge in [0.2, 0.25) is 11.7 Å². The zero-order valence-electron chi connectivity index (χ0n) is 8.85. The second kappa shape index (κ2) is 5.69. The van der Waals surface area contributed by atoms with Crippen molar-refractivity contribution in [1.82, 2.24) is 10.1 Å². The van der Waals surface area contributed by atoms with Crippen molar-refractivity contribution < 1.29 is 4.52 Å². The first-order valence-corrected chi connectivity index (χ1v) is 5.37. The molecule has 4 nitrogen and oxygen atoms in total. The Morgan fingerprint density at radius 3 is 2.29 bits per heavy atom. The minimum Gasteiger partial charge on any atom is -0.337 e. The van der Waals surface area contributed by atoms with Crippen LogP contribution in [0.15, 0.2) is 22.7 Å². The standard InChI is InChI=1S/C10H9Cl2N3O.ClH/c1-5(13)10-14-9(15-16-10)6-2-7(11)4-8(12)3-6;/h2-5H,13H2,1H3;1H. The maximum Gasteiger partial charge on any atom is 0.243 e. The van der Waals surface area contributed by atoms with Crippen molar-refractivity contribution in [3.63, 3.8) is 0 Å². The molecule has 2 aromatic rings. The normalized spacial score (nSPS) is 12.0. The molecule has 1 atom stereocenters. The van der Waals surface area contributed by atoms with Gasteiger partial charge in [0.1, 0.15) is 0 Å². The van der Waals surface area contributed by atoms with Gasteiger partial charge >= 0.3 is 0 Å². The summed E-state index contributed by atoms with van der Waals surface area (Å²) >= 11 is 11.7. The Balaban J connectivity index is 0.00000144. The predicted octanol–water partition coefficient (Wildman–Crippen LogP) is 3.48. The fourth-order valence-corrected chi connectivity index (χ4v) is 1.75. The summed E-state index contributed by atoms with van der Waals surface area (Å²) in [6, 6.07) is 4.77. The van der Waals surface area contributed by atoms with Crippen LogP contribution in [0.3, 0.4) is 0 Å². The van der Waals surface area contributed by atoms with E-state index in [1.54, 1.807) is 25.1 Å². The number of hydrogen-bond acceptors (Lipinski definition) is 4. The lowest BCUT2D eigenvalue weighted by Gasteiger charge is -1.97. The van der Waals surface area contributed by atoms with E-state index in [0.29, 0.717) is 27.3 Å². The number of nitrogens with zero attached hydrogens (tertiary/aromatic N) is 2. The Hall–Kier alpha value is -0.810. The maximum atomic E-state index is 5.87. The van der Waals surface area contributed by atoms with Crippen LogP contribution in [0, 0.1) is 0 Å². The average Bonchev–Trinajstić information content (AvgIpc) is 2.64. The number of aromatic nitrogens is 2. The largest absolute Gasteiger partial charge is 0.337 e. The lowest BCUT2D eigenvalue weighted by Crippen LogP contribution is -2.04. The van der Waals surface area contributed by atoms with Crippen LogP contribution in [0.2, 0.25) is 10.0 Å². The monoisotopic (exact) mass is 293 g/mol. The van der Waals surface area contributed by atoms with Crippen LogP contribution in [0.5, 0.6) is 0 Å². The van der Waals surface area contributed by atoms with Gasteiger partial charge in [0, 0.05) is 15.6 Å². The topological polar surface area (TPSA) is 64.9 Å². The van der Waals surface area contributed by atoms with Crippen LogP contribution in [0.1, 0.15) is 18.9 Å². The molecule has 1 unspecified atom stereocenters. The number of halogens is 3. The highest BCUT2D eigenvalue weighted by Crippen LogP contribution is 2.25. The van der Waals surface area contributed by atoms with Crippen LogP contribution in [-0.2, 0) is 0 Å². The number of nitrogens with two attached hydrogens (primary N) is 1. The maximum absolute atomic E-state index is 5.87. The van der Waals surface area contributed by atoms with Crippen molar-refractivity contribution >= 4 is 35.6 Å². The smallest absolute Gasteiger partial charge is 0.243 e. The summed E-state index contributed by atoms with van der Waals surface area (Å²) in [7, 11) is 0. The Morgan fingerprint density at radius 2 is 1.82 bits per heavy atom. The van der Waals surface area contributed by atoms with Crippen LogP contribution in [-0.4, -0.2) is 10.1 Å². The summed E-state index contributed by atoms with van der Waals surface area (Å²) in [5, 5.41) is 4.85. The van der Waals surface area contributed by atoms with Gasteiger partial charge in [0.25, 0.3) is 0 Å². The Kier molecular flexibility index (Phi) is 4.77. The number of rotatable bonds is 2. The van der Waals surface area contributed by atoms with Gasteiger partial charge in [0.05, 0.1) is 6.04 Å². The summed E-state index contributed by atoms with van der Waals surface area (Å²) in [6.45, 7) is 1.77. The van der Waals surface area contributed by atoms with Crippen molar-refractivity contribution in [1.29, 1.82) is 0 Å². The third-order valence-corrected chi connectivity index (χ3v) is 2.39. The quantitative estimate of drug-likeness (QED) is 0.921. The lowest BCUT2D eigenvalue weighted by molar-refractivity contribution is 0.362. The van der Waals surface area contributed by atoms with Crippen LogP contribution in [0.4, 0.5) is 0 Å². The molecule has 0 saturated carbocycles. The molecule has 0 amide bonds. The Morgan fingerprint density at radius 1 is 1.24 bits per heavy atom. The van der Waals surface area contributed by atoms with E-state index >= 15 is 0 Å². The number of benzene rings is 1. The molecule has 0 fully saturated rings. The molecule has 7 heteroatoms. The van der Waals surface area contributed by atoms with Gasteiger partial charge < -0.3 is 10.3 Å². The first-order valence-electron chi connectivity index (χ1n) is 4.62. The molecule has 1 aromatic carbocycles. The zero-order chi connectivity index (χ0) is 11.7. The molecule has 0 aliphatic carbocycles. The fraction of sp³-hybridized carbons (Fsp3) is 0.200. The SMILES string of the molecule is CC(N)c1nc(-c2cc(Cl)cc(Cl)c2)no1.Cl. The molecular formula is C10H10Cl3N3O. The second-order valence-corrected chi connectivity index (χ2v) is 4.28. The summed E-state index contributed by atoms with van der Waals surface area (Å²) in [5.74, 6) is 0.808. The van der Waals surface area contributed by atoms with Gasteiger partial charge in [-0.15, -0.1) is 12.4 Å². The summed E-state index contributed by atoms with van der Waals surface area (Å²) < 4.78 is 4.99. The first-order chi connectivity index (χ1) is 7.56. The number of hydrogen-bond donors (Lipinski definition) is 1. The first kappa shape index (κ1) is 14.3. The van der Waals surface area contributed by atoms with Crippen molar-refractivity contribution in [2.24, 2.45) is 5.73 Å². The molecule has 0 bridgehead atoms. The second-order valence-electron chi connectivity index (χ2n) is 3.40. The van der Waals surface area contributed by atoms with Gasteiger partial charge in [-0.3, -0.25) is 0 Å². The molecule has 0 spiro atoms. The molecule has 2 rings (SSSR count). The van der Waals surface area contributed by atoms with Gasteiger partial charge in [-0.1, -0.05) is 28.4 Å². The van der Waals surface area contributed by atoms with Crippen molar-refractivity contribution in [2.75, 3.05) is 0 Å². The van der Waals surface area contributed by atoms with Gasteiger partial charge in [-0.05, 0) is 25.1 Å². The van der Waals surface area contributed by atoms with Gasteiger partial charge in [0.15, 0.2) is 0 Å². The molecule has 0 radical (unpaired) electrons.